The van der Waals surface area contributed by atoms with Gasteiger partial charge in [0.2, 0.25) is 0 Å². The molecule has 4 aromatic rings. The summed E-state index contributed by atoms with van der Waals surface area (Å²) >= 11 is 11.7. The molecular weight excluding hydrogens is 553 g/mol. The van der Waals surface area contributed by atoms with Crippen molar-refractivity contribution in [1.29, 1.82) is 0 Å². The van der Waals surface area contributed by atoms with E-state index in [1.807, 2.05) is 26.8 Å². The molecule has 2 unspecified atom stereocenters. The van der Waals surface area contributed by atoms with Gasteiger partial charge in [0, 0.05) is 5.56 Å². The highest BCUT2D eigenvalue weighted by Gasteiger charge is 2.18. The van der Waals surface area contributed by atoms with Gasteiger partial charge in [0.15, 0.2) is 48.8 Å². The van der Waals surface area contributed by atoms with Crippen molar-refractivity contribution in [2.45, 2.75) is 31.6 Å². The molecular formula is C22H24Cl3N5O5S. The van der Waals surface area contributed by atoms with Crippen LogP contribution in [0.2, 0.25) is 10.0 Å². The topological polar surface area (TPSA) is 152 Å². The summed E-state index contributed by atoms with van der Waals surface area (Å²) < 4.78 is 29.5. The van der Waals surface area contributed by atoms with Crippen molar-refractivity contribution < 1.29 is 40.4 Å². The molecule has 4 rings (SSSR count). The number of aldehydes is 1. The first-order valence-electron chi connectivity index (χ1n) is 9.96. The molecule has 0 aliphatic carbocycles. The van der Waals surface area contributed by atoms with Crippen LogP contribution in [-0.4, -0.2) is 36.4 Å². The highest BCUT2D eigenvalue weighted by atomic mass is 35.5. The highest BCUT2D eigenvalue weighted by Crippen LogP contribution is 2.26. The Balaban J connectivity index is 0.000000282. The first-order valence-corrected chi connectivity index (χ1v) is 11.8. The normalized spacial score (nSPS) is 12.4. The number of quaternary nitrogens is 1. The van der Waals surface area contributed by atoms with Crippen molar-refractivity contribution in [3.8, 4) is 0 Å². The third-order valence-corrected chi connectivity index (χ3v) is 6.04. The maximum Gasteiger partial charge on any atom is 0.187 e. The molecule has 194 valence electrons. The Hall–Kier alpha value is -2.83. The Kier molecular flexibility index (Phi) is 13.3. The maximum atomic E-state index is 11.4. The first-order chi connectivity index (χ1) is 16.6. The minimum absolute atomic E-state index is 0. The number of halogens is 3. The van der Waals surface area contributed by atoms with E-state index < -0.39 is 11.0 Å². The van der Waals surface area contributed by atoms with Crippen LogP contribution in [0.1, 0.15) is 54.5 Å². The smallest absolute Gasteiger partial charge is 0.187 e. The molecule has 3 heterocycles. The van der Waals surface area contributed by atoms with E-state index in [-0.39, 0.29) is 29.0 Å². The van der Waals surface area contributed by atoms with Gasteiger partial charge < -0.3 is 31.4 Å². The molecule has 0 bridgehead atoms. The van der Waals surface area contributed by atoms with E-state index in [1.54, 1.807) is 18.3 Å². The average molecular weight is 577 g/mol. The van der Waals surface area contributed by atoms with Gasteiger partial charge in [-0.1, -0.05) is 29.3 Å². The average Bonchev–Trinajstić information content (AvgIpc) is 3.62. The summed E-state index contributed by atoms with van der Waals surface area (Å²) in [5.74, 6) is 1.48. The molecule has 0 amide bonds. The lowest BCUT2D eigenvalue weighted by Crippen LogP contribution is -3.00. The lowest BCUT2D eigenvalue weighted by Gasteiger charge is -2.12. The summed E-state index contributed by atoms with van der Waals surface area (Å²) in [4.78, 5) is 20.8. The number of benzene rings is 1. The van der Waals surface area contributed by atoms with E-state index in [0.29, 0.717) is 27.9 Å². The monoisotopic (exact) mass is 575 g/mol. The molecule has 1 aromatic carbocycles. The quantitative estimate of drug-likeness (QED) is 0.276. The van der Waals surface area contributed by atoms with Crippen LogP contribution in [0.25, 0.3) is 0 Å². The molecule has 2 atom stereocenters. The van der Waals surface area contributed by atoms with Crippen molar-refractivity contribution >= 4 is 46.7 Å². The number of carbonyl (C=O) groups excluding carboxylic acids is 1. The van der Waals surface area contributed by atoms with Gasteiger partial charge in [-0.3, -0.25) is 4.79 Å². The van der Waals surface area contributed by atoms with Crippen LogP contribution < -0.4 is 18.1 Å². The Labute approximate surface area is 226 Å². The Morgan fingerprint density at radius 1 is 0.972 bits per heavy atom. The second kappa shape index (κ2) is 15.3. The van der Waals surface area contributed by atoms with E-state index in [1.165, 1.54) is 37.8 Å². The van der Waals surface area contributed by atoms with Crippen LogP contribution >= 0.6 is 23.2 Å². The fourth-order valence-corrected chi connectivity index (χ4v) is 2.94. The molecule has 0 saturated carbocycles. The molecule has 0 saturated heterocycles. The Morgan fingerprint density at radius 2 is 1.56 bits per heavy atom. The molecule has 0 spiro atoms. The third kappa shape index (κ3) is 10.4. The minimum atomic E-state index is -1.24. The van der Waals surface area contributed by atoms with E-state index in [2.05, 4.69) is 29.5 Å². The van der Waals surface area contributed by atoms with Gasteiger partial charge in [0.1, 0.15) is 11.0 Å². The minimum Gasteiger partial charge on any atom is -1.00 e. The van der Waals surface area contributed by atoms with E-state index in [4.69, 9.17) is 32.0 Å². The lowest BCUT2D eigenvalue weighted by molar-refractivity contribution is -0.415. The van der Waals surface area contributed by atoms with Crippen LogP contribution in [0.5, 0.6) is 0 Å². The third-order valence-electron chi connectivity index (χ3n) is 3.96. The molecule has 0 fully saturated rings. The zero-order valence-electron chi connectivity index (χ0n) is 19.5. The maximum absolute atomic E-state index is 11.4. The van der Waals surface area contributed by atoms with E-state index in [9.17, 15) is 9.00 Å². The summed E-state index contributed by atoms with van der Waals surface area (Å²) in [7, 11) is -1.24. The van der Waals surface area contributed by atoms with Gasteiger partial charge in [0.25, 0.3) is 0 Å². The Bertz CT molecular complexity index is 1210. The number of nitrogens with zero attached hydrogens (tertiary/aromatic N) is 4. The second-order valence-corrected chi connectivity index (χ2v) is 10.4. The van der Waals surface area contributed by atoms with Crippen molar-refractivity contribution in [3.05, 3.63) is 88.9 Å². The summed E-state index contributed by atoms with van der Waals surface area (Å²) in [5, 5.41) is 1.05. The molecule has 0 radical (unpaired) electrons. The molecule has 3 N–H and O–H groups in total. The second-order valence-electron chi connectivity index (χ2n) is 7.65. The SMILES string of the molecule is CC(C)(C)S(=O)N=Cc1cnco1.O=Cc1cnco1.[Cl-].[NH3+]C(c1ccc(Cl)c(Cl)c1)c1cnco1. The number of hydrogen-bond donors (Lipinski definition) is 1. The Morgan fingerprint density at radius 3 is 2.00 bits per heavy atom. The predicted molar refractivity (Wildman–Crippen MR) is 132 cm³/mol. The van der Waals surface area contributed by atoms with Crippen LogP contribution in [-0.2, 0) is 11.0 Å². The van der Waals surface area contributed by atoms with Gasteiger partial charge in [0.05, 0.1) is 39.6 Å². The first kappa shape index (κ1) is 31.2. The zero-order chi connectivity index (χ0) is 25.8. The van der Waals surface area contributed by atoms with Crippen LogP contribution in [0, 0.1) is 0 Å². The summed E-state index contributed by atoms with van der Waals surface area (Å²) in [6, 6.07) is 5.27. The van der Waals surface area contributed by atoms with Gasteiger partial charge in [-0.2, -0.15) is 4.40 Å². The van der Waals surface area contributed by atoms with Gasteiger partial charge in [-0.15, -0.1) is 0 Å². The van der Waals surface area contributed by atoms with Gasteiger partial charge >= 0.3 is 0 Å². The summed E-state index contributed by atoms with van der Waals surface area (Å²) in [6.45, 7) is 5.59. The lowest BCUT2D eigenvalue weighted by atomic mass is 10.1. The van der Waals surface area contributed by atoms with Crippen molar-refractivity contribution in [2.75, 3.05) is 0 Å². The molecule has 36 heavy (non-hydrogen) atoms. The molecule has 0 aliphatic heterocycles. The standard InChI is InChI=1S/C10H8Cl2N2O.C8H12N2O2S.C4H3NO2.ClH/c11-7-2-1-6(3-8(7)12)10(13)9-4-14-5-15-9;1-8(2,3)13(11)10-5-7-4-9-6-12-7;6-2-4-1-5-3-7-4;/h1-5,10H,13H2;4-6H,1-3H3;1-3H;1H. The van der Waals surface area contributed by atoms with Crippen LogP contribution in [0.4, 0.5) is 0 Å². The number of rotatable bonds is 5. The zero-order valence-corrected chi connectivity index (χ0v) is 22.6. The van der Waals surface area contributed by atoms with Crippen LogP contribution in [0.15, 0.2) is 73.6 Å². The number of carbonyl (C=O) groups is 1. The summed E-state index contributed by atoms with van der Waals surface area (Å²) in [6.07, 6.45) is 10.4. The van der Waals surface area contributed by atoms with E-state index >= 15 is 0 Å². The molecule has 10 nitrogen and oxygen atoms in total. The fourth-order valence-electron chi connectivity index (χ4n) is 2.12. The fraction of sp³-hybridized carbons (Fsp3) is 0.227. The van der Waals surface area contributed by atoms with Crippen molar-refractivity contribution in [1.82, 2.24) is 15.0 Å². The van der Waals surface area contributed by atoms with Gasteiger partial charge in [-0.05, 0) is 32.9 Å². The number of hydrogen-bond acceptors (Lipinski definition) is 8. The van der Waals surface area contributed by atoms with Crippen molar-refractivity contribution in [2.24, 2.45) is 4.40 Å². The number of oxazole rings is 3. The van der Waals surface area contributed by atoms with E-state index in [0.717, 1.165) is 5.56 Å². The van der Waals surface area contributed by atoms with Crippen molar-refractivity contribution in [3.63, 3.8) is 0 Å². The summed E-state index contributed by atoms with van der Waals surface area (Å²) in [5.41, 5.74) is 4.93. The van der Waals surface area contributed by atoms with Gasteiger partial charge in [-0.25, -0.2) is 19.2 Å². The van der Waals surface area contributed by atoms with Crippen LogP contribution in [0.3, 0.4) is 0 Å². The molecule has 14 heteroatoms. The largest absolute Gasteiger partial charge is 1.00 e. The molecule has 0 aliphatic rings. The predicted octanol–water partition coefficient (Wildman–Crippen LogP) is 1.36. The highest BCUT2D eigenvalue weighted by molar-refractivity contribution is 7.85. The molecule has 3 aromatic heterocycles. The number of aromatic nitrogens is 3.